The van der Waals surface area contributed by atoms with E-state index in [0.717, 1.165) is 11.3 Å². The van der Waals surface area contributed by atoms with Gasteiger partial charge in [0.2, 0.25) is 5.91 Å². The van der Waals surface area contributed by atoms with E-state index in [9.17, 15) is 4.79 Å². The summed E-state index contributed by atoms with van der Waals surface area (Å²) in [6.45, 7) is 3.76. The van der Waals surface area contributed by atoms with Gasteiger partial charge in [0.05, 0.1) is 26.0 Å². The minimum absolute atomic E-state index is 0.0106. The van der Waals surface area contributed by atoms with Crippen molar-refractivity contribution in [1.29, 1.82) is 0 Å². The SMILES string of the molecule is COc1ccc(C)cc1N(C)C(=O)C1COCCN1. The molecular formula is C14H20N2O3. The van der Waals surface area contributed by atoms with Gasteiger partial charge in [0, 0.05) is 13.6 Å². The van der Waals surface area contributed by atoms with Gasteiger partial charge in [-0.3, -0.25) is 4.79 Å². The minimum atomic E-state index is -0.288. The van der Waals surface area contributed by atoms with Crippen molar-refractivity contribution in [3.05, 3.63) is 23.8 Å². The number of amides is 1. The lowest BCUT2D eigenvalue weighted by molar-refractivity contribution is -0.123. The molecule has 0 radical (unpaired) electrons. The summed E-state index contributed by atoms with van der Waals surface area (Å²) >= 11 is 0. The van der Waals surface area contributed by atoms with Crippen molar-refractivity contribution < 1.29 is 14.3 Å². The molecule has 5 nitrogen and oxygen atoms in total. The maximum atomic E-state index is 12.4. The van der Waals surface area contributed by atoms with Crippen molar-refractivity contribution in [2.24, 2.45) is 0 Å². The van der Waals surface area contributed by atoms with Crippen molar-refractivity contribution in [1.82, 2.24) is 5.32 Å². The Balaban J connectivity index is 2.20. The molecule has 0 aliphatic carbocycles. The molecule has 1 unspecified atom stereocenters. The molecule has 1 aliphatic rings. The fraction of sp³-hybridized carbons (Fsp3) is 0.500. The molecule has 2 rings (SSSR count). The second-order valence-electron chi connectivity index (χ2n) is 4.65. The van der Waals surface area contributed by atoms with Crippen LogP contribution in [0.25, 0.3) is 0 Å². The van der Waals surface area contributed by atoms with Crippen molar-refractivity contribution in [3.63, 3.8) is 0 Å². The van der Waals surface area contributed by atoms with Gasteiger partial charge in [-0.25, -0.2) is 0 Å². The van der Waals surface area contributed by atoms with Crippen LogP contribution in [0.15, 0.2) is 18.2 Å². The molecule has 1 atom stereocenters. The molecule has 1 aliphatic heterocycles. The summed E-state index contributed by atoms with van der Waals surface area (Å²) in [7, 11) is 3.37. The normalized spacial score (nSPS) is 19.0. The van der Waals surface area contributed by atoms with E-state index in [1.165, 1.54) is 0 Å². The smallest absolute Gasteiger partial charge is 0.246 e. The lowest BCUT2D eigenvalue weighted by Gasteiger charge is -2.28. The van der Waals surface area contributed by atoms with Gasteiger partial charge in [-0.2, -0.15) is 0 Å². The Bertz CT molecular complexity index is 456. The predicted molar refractivity (Wildman–Crippen MR) is 73.8 cm³/mol. The Morgan fingerprint density at radius 2 is 2.32 bits per heavy atom. The lowest BCUT2D eigenvalue weighted by atomic mass is 10.1. The van der Waals surface area contributed by atoms with Crippen molar-refractivity contribution in [2.75, 3.05) is 38.8 Å². The summed E-state index contributed by atoms with van der Waals surface area (Å²) in [6, 6.07) is 5.49. The number of ether oxygens (including phenoxy) is 2. The van der Waals surface area contributed by atoms with Gasteiger partial charge in [-0.05, 0) is 24.6 Å². The third-order valence-corrected chi connectivity index (χ3v) is 3.25. The van der Waals surface area contributed by atoms with Crippen LogP contribution in [-0.4, -0.2) is 45.9 Å². The van der Waals surface area contributed by atoms with Crippen LogP contribution in [0, 0.1) is 6.92 Å². The molecular weight excluding hydrogens is 244 g/mol. The minimum Gasteiger partial charge on any atom is -0.495 e. The van der Waals surface area contributed by atoms with E-state index in [0.29, 0.717) is 25.5 Å². The average molecular weight is 264 g/mol. The first kappa shape index (κ1) is 13.8. The Morgan fingerprint density at radius 3 is 2.95 bits per heavy atom. The average Bonchev–Trinajstić information content (AvgIpc) is 2.46. The molecule has 0 saturated carbocycles. The Kier molecular flexibility index (Phi) is 4.39. The number of carbonyl (C=O) groups is 1. The molecule has 1 fully saturated rings. The van der Waals surface area contributed by atoms with Crippen LogP contribution in [0.1, 0.15) is 5.56 Å². The second-order valence-corrected chi connectivity index (χ2v) is 4.65. The number of aryl methyl sites for hydroxylation is 1. The van der Waals surface area contributed by atoms with E-state index in [-0.39, 0.29) is 11.9 Å². The number of benzene rings is 1. The molecule has 0 spiro atoms. The highest BCUT2D eigenvalue weighted by Crippen LogP contribution is 2.28. The molecule has 1 amide bonds. The zero-order chi connectivity index (χ0) is 13.8. The Hall–Kier alpha value is -1.59. The van der Waals surface area contributed by atoms with E-state index in [2.05, 4.69) is 5.32 Å². The van der Waals surface area contributed by atoms with Crippen LogP contribution in [-0.2, 0) is 9.53 Å². The van der Waals surface area contributed by atoms with Gasteiger partial charge in [0.25, 0.3) is 0 Å². The summed E-state index contributed by atoms with van der Waals surface area (Å²) in [5.74, 6) is 0.682. The van der Waals surface area contributed by atoms with E-state index in [1.807, 2.05) is 25.1 Å². The van der Waals surface area contributed by atoms with Gasteiger partial charge in [-0.1, -0.05) is 6.07 Å². The molecule has 0 bridgehead atoms. The molecule has 104 valence electrons. The van der Waals surface area contributed by atoms with E-state index in [4.69, 9.17) is 9.47 Å². The lowest BCUT2D eigenvalue weighted by Crippen LogP contribution is -2.51. The number of hydrogen-bond donors (Lipinski definition) is 1. The molecule has 1 N–H and O–H groups in total. The van der Waals surface area contributed by atoms with Crippen LogP contribution in [0.3, 0.4) is 0 Å². The summed E-state index contributed by atoms with van der Waals surface area (Å²) in [6.07, 6.45) is 0. The fourth-order valence-corrected chi connectivity index (χ4v) is 2.14. The molecule has 1 saturated heterocycles. The third-order valence-electron chi connectivity index (χ3n) is 3.25. The van der Waals surface area contributed by atoms with Crippen LogP contribution in [0.4, 0.5) is 5.69 Å². The standard InChI is InChI=1S/C14H20N2O3/c1-10-4-5-13(18-3)12(8-10)16(2)14(17)11-9-19-7-6-15-11/h4-5,8,11,15H,6-7,9H2,1-3H3. The fourth-order valence-electron chi connectivity index (χ4n) is 2.14. The summed E-state index contributed by atoms with van der Waals surface area (Å²) in [4.78, 5) is 14.0. The zero-order valence-electron chi connectivity index (χ0n) is 11.6. The monoisotopic (exact) mass is 264 g/mol. The molecule has 19 heavy (non-hydrogen) atoms. The highest BCUT2D eigenvalue weighted by molar-refractivity contribution is 5.98. The predicted octanol–water partition coefficient (Wildman–Crippen LogP) is 0.955. The van der Waals surface area contributed by atoms with Gasteiger partial charge in [0.1, 0.15) is 11.8 Å². The summed E-state index contributed by atoms with van der Waals surface area (Å²) < 4.78 is 10.6. The summed E-state index contributed by atoms with van der Waals surface area (Å²) in [5.41, 5.74) is 1.86. The number of rotatable bonds is 3. The van der Waals surface area contributed by atoms with Gasteiger partial charge >= 0.3 is 0 Å². The Morgan fingerprint density at radius 1 is 1.53 bits per heavy atom. The van der Waals surface area contributed by atoms with E-state index < -0.39 is 0 Å². The molecule has 1 heterocycles. The zero-order valence-corrected chi connectivity index (χ0v) is 11.6. The number of hydrogen-bond acceptors (Lipinski definition) is 4. The first-order chi connectivity index (χ1) is 9.13. The Labute approximate surface area is 113 Å². The van der Waals surface area contributed by atoms with Crippen LogP contribution >= 0.6 is 0 Å². The maximum Gasteiger partial charge on any atom is 0.246 e. The summed E-state index contributed by atoms with van der Waals surface area (Å²) in [5, 5.41) is 3.16. The number of nitrogens with one attached hydrogen (secondary N) is 1. The number of nitrogens with zero attached hydrogens (tertiary/aromatic N) is 1. The van der Waals surface area contributed by atoms with Crippen LogP contribution in [0.5, 0.6) is 5.75 Å². The molecule has 5 heteroatoms. The second kappa shape index (κ2) is 6.04. The van der Waals surface area contributed by atoms with Crippen molar-refractivity contribution >= 4 is 11.6 Å². The molecule has 1 aromatic carbocycles. The van der Waals surface area contributed by atoms with Crippen molar-refractivity contribution in [2.45, 2.75) is 13.0 Å². The number of methoxy groups -OCH3 is 1. The highest BCUT2D eigenvalue weighted by atomic mass is 16.5. The first-order valence-corrected chi connectivity index (χ1v) is 6.37. The number of anilines is 1. The third kappa shape index (κ3) is 3.05. The maximum absolute atomic E-state index is 12.4. The van der Waals surface area contributed by atoms with Crippen molar-refractivity contribution in [3.8, 4) is 5.75 Å². The largest absolute Gasteiger partial charge is 0.495 e. The number of carbonyl (C=O) groups excluding carboxylic acids is 1. The topological polar surface area (TPSA) is 50.8 Å². The van der Waals surface area contributed by atoms with Gasteiger partial charge in [0.15, 0.2) is 0 Å². The quantitative estimate of drug-likeness (QED) is 0.883. The van der Waals surface area contributed by atoms with Crippen LogP contribution < -0.4 is 15.0 Å². The molecule has 1 aromatic rings. The van der Waals surface area contributed by atoms with E-state index in [1.54, 1.807) is 19.1 Å². The van der Waals surface area contributed by atoms with E-state index >= 15 is 0 Å². The van der Waals surface area contributed by atoms with Crippen LogP contribution in [0.2, 0.25) is 0 Å². The highest BCUT2D eigenvalue weighted by Gasteiger charge is 2.26. The number of likely N-dealkylation sites (N-methyl/N-ethyl adjacent to an activating group) is 1. The number of morpholine rings is 1. The van der Waals surface area contributed by atoms with Gasteiger partial charge in [-0.15, -0.1) is 0 Å². The first-order valence-electron chi connectivity index (χ1n) is 6.37. The van der Waals surface area contributed by atoms with Gasteiger partial charge < -0.3 is 19.7 Å². The molecule has 0 aromatic heterocycles.